The van der Waals surface area contributed by atoms with Crippen LogP contribution in [0.2, 0.25) is 0 Å². The van der Waals surface area contributed by atoms with Crippen molar-refractivity contribution >= 4 is 23.1 Å². The number of ether oxygens (including phenoxy) is 2. The highest BCUT2D eigenvalue weighted by molar-refractivity contribution is 6.46. The summed E-state index contributed by atoms with van der Waals surface area (Å²) in [5.74, 6) is -2.04. The smallest absolute Gasteiger partial charge is 0.295 e. The molecule has 0 bridgehead atoms. The third kappa shape index (κ3) is 4.80. The van der Waals surface area contributed by atoms with Crippen molar-refractivity contribution in [3.63, 3.8) is 0 Å². The molecule has 0 aromatic heterocycles. The maximum Gasteiger partial charge on any atom is 0.295 e. The maximum absolute atomic E-state index is 13.0. The summed E-state index contributed by atoms with van der Waals surface area (Å²) in [6, 6.07) is 8.52. The topological polar surface area (TPSA) is 139 Å². The molecule has 0 saturated carbocycles. The summed E-state index contributed by atoms with van der Waals surface area (Å²) in [5, 5.41) is 32.0. The zero-order valence-electron chi connectivity index (χ0n) is 18.2. The Morgan fingerprint density at radius 2 is 1.88 bits per heavy atom. The number of phenols is 1. The van der Waals surface area contributed by atoms with E-state index in [2.05, 4.69) is 0 Å². The Morgan fingerprint density at radius 1 is 1.18 bits per heavy atom. The first-order chi connectivity index (χ1) is 15.8. The Morgan fingerprint density at radius 3 is 2.48 bits per heavy atom. The Kier molecular flexibility index (Phi) is 7.29. The number of amides is 1. The maximum atomic E-state index is 13.0. The Bertz CT molecular complexity index is 1090. The Balaban J connectivity index is 2.14. The van der Waals surface area contributed by atoms with Crippen LogP contribution in [0.3, 0.4) is 0 Å². The summed E-state index contributed by atoms with van der Waals surface area (Å²) in [5.41, 5.74) is 0.281. The molecule has 1 amide bonds. The number of nitro benzene ring substituents is 1. The number of hydrogen-bond donors (Lipinski definition) is 2. The molecule has 1 fully saturated rings. The van der Waals surface area contributed by atoms with Crippen molar-refractivity contribution in [3.05, 3.63) is 69.3 Å². The highest BCUT2D eigenvalue weighted by Gasteiger charge is 2.46. The van der Waals surface area contributed by atoms with Crippen LogP contribution < -0.4 is 4.74 Å². The Hall–Kier alpha value is -3.92. The van der Waals surface area contributed by atoms with Crippen LogP contribution in [0.1, 0.15) is 30.5 Å². The van der Waals surface area contributed by atoms with E-state index >= 15 is 0 Å². The summed E-state index contributed by atoms with van der Waals surface area (Å²) < 4.78 is 10.5. The van der Waals surface area contributed by atoms with Crippen LogP contribution >= 0.6 is 0 Å². The number of rotatable bonds is 9. The van der Waals surface area contributed by atoms with Crippen molar-refractivity contribution in [2.24, 2.45) is 0 Å². The number of phenolic OH excluding ortho intramolecular Hbond substituents is 1. The van der Waals surface area contributed by atoms with Crippen molar-refractivity contribution in [2.75, 3.05) is 26.9 Å². The van der Waals surface area contributed by atoms with Gasteiger partial charge in [0.15, 0.2) is 11.5 Å². The average molecular weight is 456 g/mol. The normalized spacial score (nSPS) is 17.4. The van der Waals surface area contributed by atoms with E-state index in [9.17, 15) is 29.9 Å². The molecule has 10 nitrogen and oxygen atoms in total. The second-order valence-corrected chi connectivity index (χ2v) is 7.30. The van der Waals surface area contributed by atoms with Gasteiger partial charge in [-0.15, -0.1) is 0 Å². The fourth-order valence-electron chi connectivity index (χ4n) is 3.70. The van der Waals surface area contributed by atoms with Gasteiger partial charge >= 0.3 is 0 Å². The van der Waals surface area contributed by atoms with Gasteiger partial charge in [-0.05, 0) is 43.2 Å². The first-order valence-corrected chi connectivity index (χ1v) is 10.3. The number of benzene rings is 2. The fraction of sp³-hybridized carbons (Fsp3) is 0.304. The second-order valence-electron chi connectivity index (χ2n) is 7.30. The summed E-state index contributed by atoms with van der Waals surface area (Å²) in [7, 11) is 1.52. The van der Waals surface area contributed by atoms with Gasteiger partial charge in [-0.25, -0.2) is 0 Å². The minimum Gasteiger partial charge on any atom is -0.507 e. The predicted octanol–water partition coefficient (Wildman–Crippen LogP) is 3.16. The van der Waals surface area contributed by atoms with Crippen LogP contribution in [0.25, 0.3) is 5.76 Å². The van der Waals surface area contributed by atoms with Crippen LogP contribution in [0.15, 0.2) is 48.0 Å². The molecular formula is C23H24N2O8. The van der Waals surface area contributed by atoms with E-state index in [0.29, 0.717) is 18.6 Å². The number of nitro groups is 1. The number of Topliss-reactive ketones (excluding diaryl/α,β-unsaturated/α-hetero) is 1. The molecule has 2 aromatic rings. The first kappa shape index (κ1) is 23.7. The van der Waals surface area contributed by atoms with Gasteiger partial charge in [-0.2, -0.15) is 0 Å². The number of likely N-dealkylation sites (tertiary alicyclic amines) is 1. The van der Waals surface area contributed by atoms with Gasteiger partial charge in [0.05, 0.1) is 23.1 Å². The molecule has 0 spiro atoms. The number of hydrogen-bond acceptors (Lipinski definition) is 8. The van der Waals surface area contributed by atoms with Crippen molar-refractivity contribution in [1.29, 1.82) is 0 Å². The molecule has 1 atom stereocenters. The Labute approximate surface area is 189 Å². The zero-order chi connectivity index (χ0) is 24.1. The van der Waals surface area contributed by atoms with E-state index in [1.165, 1.54) is 48.4 Å². The molecule has 1 heterocycles. The highest BCUT2D eigenvalue weighted by atomic mass is 16.6. The molecule has 0 aliphatic carbocycles. The van der Waals surface area contributed by atoms with E-state index in [4.69, 9.17) is 9.47 Å². The summed E-state index contributed by atoms with van der Waals surface area (Å²) in [6.45, 7) is 2.58. The molecule has 174 valence electrons. The molecule has 1 saturated heterocycles. The number of carbonyl (C=O) groups excluding carboxylic acids is 2. The summed E-state index contributed by atoms with van der Waals surface area (Å²) in [6.07, 6.45) is 0.452. The zero-order valence-corrected chi connectivity index (χ0v) is 18.2. The molecule has 2 aromatic carbocycles. The van der Waals surface area contributed by atoms with Gasteiger partial charge in [0.1, 0.15) is 5.76 Å². The van der Waals surface area contributed by atoms with Crippen molar-refractivity contribution in [2.45, 2.75) is 19.4 Å². The number of ketones is 1. The molecule has 1 aliphatic rings. The van der Waals surface area contributed by atoms with Crippen LogP contribution in [-0.4, -0.2) is 58.6 Å². The molecule has 2 N–H and O–H groups in total. The monoisotopic (exact) mass is 456 g/mol. The van der Waals surface area contributed by atoms with E-state index in [-0.39, 0.29) is 41.5 Å². The molecule has 3 rings (SSSR count). The van der Waals surface area contributed by atoms with Gasteiger partial charge in [-0.3, -0.25) is 19.7 Å². The lowest BCUT2D eigenvalue weighted by Gasteiger charge is -2.25. The lowest BCUT2D eigenvalue weighted by atomic mass is 9.95. The number of non-ortho nitro benzene ring substituents is 1. The SMILES string of the molecule is CCOc1cc(C2/C(=C(/O)c3ccc([N+](=O)[O-])cc3)C(=O)C(=O)N2CCCOC)ccc1O. The van der Waals surface area contributed by atoms with Crippen molar-refractivity contribution < 1.29 is 34.2 Å². The van der Waals surface area contributed by atoms with Gasteiger partial charge < -0.3 is 24.6 Å². The number of aromatic hydroxyl groups is 1. The van der Waals surface area contributed by atoms with Crippen LogP contribution in [0, 0.1) is 10.1 Å². The third-order valence-electron chi connectivity index (χ3n) is 5.24. The van der Waals surface area contributed by atoms with Crippen molar-refractivity contribution in [1.82, 2.24) is 4.90 Å². The fourth-order valence-corrected chi connectivity index (χ4v) is 3.70. The largest absolute Gasteiger partial charge is 0.507 e. The number of carbonyl (C=O) groups is 2. The second kappa shape index (κ2) is 10.1. The summed E-state index contributed by atoms with van der Waals surface area (Å²) >= 11 is 0. The van der Waals surface area contributed by atoms with E-state index in [0.717, 1.165) is 0 Å². The van der Waals surface area contributed by atoms with Crippen LogP contribution in [0.5, 0.6) is 11.5 Å². The quantitative estimate of drug-likeness (QED) is 0.146. The van der Waals surface area contributed by atoms with E-state index in [1.807, 2.05) is 0 Å². The highest BCUT2D eigenvalue weighted by Crippen LogP contribution is 2.42. The number of methoxy groups -OCH3 is 1. The van der Waals surface area contributed by atoms with Gasteiger partial charge in [0.25, 0.3) is 17.4 Å². The lowest BCUT2D eigenvalue weighted by molar-refractivity contribution is -0.384. The van der Waals surface area contributed by atoms with E-state index < -0.39 is 28.4 Å². The molecule has 1 aliphatic heterocycles. The minimum atomic E-state index is -0.947. The third-order valence-corrected chi connectivity index (χ3v) is 5.24. The minimum absolute atomic E-state index is 0.104. The molecule has 33 heavy (non-hydrogen) atoms. The van der Waals surface area contributed by atoms with Crippen LogP contribution in [0.4, 0.5) is 5.69 Å². The molecule has 0 radical (unpaired) electrons. The molecule has 1 unspecified atom stereocenters. The molecular weight excluding hydrogens is 432 g/mol. The van der Waals surface area contributed by atoms with Gasteiger partial charge in [-0.1, -0.05) is 6.07 Å². The van der Waals surface area contributed by atoms with Crippen LogP contribution in [-0.2, 0) is 14.3 Å². The predicted molar refractivity (Wildman–Crippen MR) is 118 cm³/mol. The average Bonchev–Trinajstić information content (AvgIpc) is 3.05. The van der Waals surface area contributed by atoms with Gasteiger partial charge in [0.2, 0.25) is 0 Å². The summed E-state index contributed by atoms with van der Waals surface area (Å²) in [4.78, 5) is 37.5. The number of aliphatic hydroxyl groups excluding tert-OH is 1. The number of aliphatic hydroxyl groups is 1. The van der Waals surface area contributed by atoms with Crippen molar-refractivity contribution in [3.8, 4) is 11.5 Å². The first-order valence-electron chi connectivity index (χ1n) is 10.3. The molecule has 10 heteroatoms. The standard InChI is InChI=1S/C23H24N2O8/c1-3-33-18-13-15(7-10-17(18)26)20-19(22(28)23(29)24(20)11-4-12-32-2)21(27)14-5-8-16(9-6-14)25(30)31/h5-10,13,20,26-27H,3-4,11-12H2,1-2H3/b21-19-. The number of nitrogens with zero attached hydrogens (tertiary/aromatic N) is 2. The van der Waals surface area contributed by atoms with Gasteiger partial charge in [0, 0.05) is 38.0 Å². The van der Waals surface area contributed by atoms with E-state index in [1.54, 1.807) is 13.0 Å². The lowest BCUT2D eigenvalue weighted by Crippen LogP contribution is -2.31.